The van der Waals surface area contributed by atoms with Gasteiger partial charge in [-0.05, 0) is 34.4 Å². The fraction of sp³-hybridized carbons (Fsp3) is 0.206. The van der Waals surface area contributed by atoms with Crippen LogP contribution in [0.25, 0.3) is 0 Å². The quantitative estimate of drug-likeness (QED) is 0.167. The number of esters is 1. The molecule has 4 aromatic carbocycles. The van der Waals surface area contributed by atoms with Crippen LogP contribution in [0.4, 0.5) is 4.79 Å². The number of aromatic hydroxyl groups is 1. The fourth-order valence-electron chi connectivity index (χ4n) is 4.12. The predicted octanol–water partition coefficient (Wildman–Crippen LogP) is 5.39. The van der Waals surface area contributed by atoms with E-state index in [1.807, 2.05) is 91.0 Å². The zero-order valence-electron chi connectivity index (χ0n) is 23.6. The number of hydrogen-bond acceptors (Lipinski definition) is 7. The summed E-state index contributed by atoms with van der Waals surface area (Å²) in [6.45, 7) is 0.0928. The van der Waals surface area contributed by atoms with Crippen LogP contribution < -0.4 is 10.6 Å². The van der Waals surface area contributed by atoms with Crippen molar-refractivity contribution < 1.29 is 29.0 Å². The van der Waals surface area contributed by atoms with Gasteiger partial charge in [-0.3, -0.25) is 4.79 Å². The Labute approximate surface area is 255 Å². The number of benzene rings is 4. The summed E-state index contributed by atoms with van der Waals surface area (Å²) < 4.78 is 10.9. The lowest BCUT2D eigenvalue weighted by Crippen LogP contribution is -2.53. The third-order valence-electron chi connectivity index (χ3n) is 6.42. The molecule has 0 saturated carbocycles. The lowest BCUT2D eigenvalue weighted by molar-refractivity contribution is -0.149. The maximum atomic E-state index is 13.6. The van der Waals surface area contributed by atoms with Gasteiger partial charge in [0.2, 0.25) is 5.91 Å². The first-order chi connectivity index (χ1) is 21.0. The first kappa shape index (κ1) is 31.2. The number of phenols is 1. The molecule has 43 heavy (non-hydrogen) atoms. The largest absolute Gasteiger partial charge is 0.508 e. The maximum Gasteiger partial charge on any atom is 0.408 e. The van der Waals surface area contributed by atoms with Crippen LogP contribution >= 0.6 is 11.8 Å². The Morgan fingerprint density at radius 3 is 1.74 bits per heavy atom. The topological polar surface area (TPSA) is 114 Å². The van der Waals surface area contributed by atoms with E-state index in [0.717, 1.165) is 16.7 Å². The van der Waals surface area contributed by atoms with Crippen molar-refractivity contribution >= 4 is 29.7 Å². The molecule has 0 fully saturated rings. The van der Waals surface area contributed by atoms with Crippen LogP contribution in [-0.4, -0.2) is 40.9 Å². The smallest absolute Gasteiger partial charge is 0.408 e. The van der Waals surface area contributed by atoms with Gasteiger partial charge in [-0.1, -0.05) is 103 Å². The number of thioether (sulfide) groups is 1. The lowest BCUT2D eigenvalue weighted by atomic mass is 10.1. The Morgan fingerprint density at radius 1 is 0.628 bits per heavy atom. The molecular weight excluding hydrogens is 564 g/mol. The molecule has 0 bridgehead atoms. The molecule has 2 atom stereocenters. The second-order valence-corrected chi connectivity index (χ2v) is 10.8. The molecule has 9 heteroatoms. The Kier molecular flexibility index (Phi) is 12.1. The number of nitrogens with one attached hydrogen (secondary N) is 2. The molecule has 0 heterocycles. The summed E-state index contributed by atoms with van der Waals surface area (Å²) in [6, 6.07) is 32.6. The Hall–Kier alpha value is -4.76. The zero-order valence-corrected chi connectivity index (χ0v) is 24.4. The van der Waals surface area contributed by atoms with E-state index in [1.54, 1.807) is 12.1 Å². The molecule has 4 aromatic rings. The highest BCUT2D eigenvalue weighted by atomic mass is 32.2. The van der Waals surface area contributed by atoms with Gasteiger partial charge in [-0.15, -0.1) is 0 Å². The highest BCUT2D eigenvalue weighted by Gasteiger charge is 2.28. The number of hydrogen-bond donors (Lipinski definition) is 3. The average Bonchev–Trinajstić information content (AvgIpc) is 3.04. The van der Waals surface area contributed by atoms with Crippen LogP contribution in [0.15, 0.2) is 115 Å². The van der Waals surface area contributed by atoms with E-state index in [-0.39, 0.29) is 31.1 Å². The van der Waals surface area contributed by atoms with Crippen molar-refractivity contribution in [2.45, 2.75) is 37.5 Å². The summed E-state index contributed by atoms with van der Waals surface area (Å²) in [6.07, 6.45) is -0.617. The molecule has 0 aromatic heterocycles. The molecule has 4 rings (SSSR count). The second kappa shape index (κ2) is 16.6. The molecule has 3 N–H and O–H groups in total. The second-order valence-electron chi connectivity index (χ2n) is 9.78. The maximum absolute atomic E-state index is 13.6. The van der Waals surface area contributed by atoms with Gasteiger partial charge in [0.05, 0.1) is 0 Å². The third kappa shape index (κ3) is 10.9. The van der Waals surface area contributed by atoms with Gasteiger partial charge in [0, 0.05) is 17.9 Å². The molecule has 0 radical (unpaired) electrons. The highest BCUT2D eigenvalue weighted by Crippen LogP contribution is 2.15. The van der Waals surface area contributed by atoms with Crippen LogP contribution in [0.1, 0.15) is 22.3 Å². The Morgan fingerprint density at radius 2 is 1.16 bits per heavy atom. The molecule has 0 unspecified atom stereocenters. The lowest BCUT2D eigenvalue weighted by Gasteiger charge is -2.23. The molecule has 0 spiro atoms. The van der Waals surface area contributed by atoms with Crippen molar-refractivity contribution in [3.8, 4) is 5.75 Å². The molecule has 0 aliphatic heterocycles. The standard InChI is InChI=1S/C34H34N2O6S/c37-29-18-16-25(17-19-29)20-30(33(39)41-21-26-10-4-1-5-11-26)35-32(38)31(24-43-23-28-14-8-3-9-15-28)36-34(40)42-22-27-12-6-2-7-13-27/h1-19,30-31,37H,20-24H2,(H,35,38)(H,36,40)/t30-,31-/m1/s1. The van der Waals surface area contributed by atoms with Crippen molar-refractivity contribution in [2.24, 2.45) is 0 Å². The molecule has 0 aliphatic rings. The number of rotatable bonds is 14. The van der Waals surface area contributed by atoms with E-state index in [0.29, 0.717) is 11.3 Å². The third-order valence-corrected chi connectivity index (χ3v) is 7.52. The molecule has 2 amide bonds. The minimum atomic E-state index is -1.04. The van der Waals surface area contributed by atoms with Gasteiger partial charge in [0.15, 0.2) is 0 Å². The molecule has 0 saturated heterocycles. The fourth-order valence-corrected chi connectivity index (χ4v) is 5.14. The summed E-state index contributed by atoms with van der Waals surface area (Å²) in [7, 11) is 0. The number of phenolic OH excluding ortho intramolecular Hbond substituents is 1. The first-order valence-corrected chi connectivity index (χ1v) is 15.0. The molecular formula is C34H34N2O6S. The SMILES string of the molecule is O=C(N[C@H](CSCc1ccccc1)C(=O)N[C@H](Cc1ccc(O)cc1)C(=O)OCc1ccccc1)OCc1ccccc1. The minimum Gasteiger partial charge on any atom is -0.508 e. The number of carbonyl (C=O) groups is 3. The van der Waals surface area contributed by atoms with Gasteiger partial charge in [0.25, 0.3) is 0 Å². The van der Waals surface area contributed by atoms with E-state index in [9.17, 15) is 19.5 Å². The number of ether oxygens (including phenoxy) is 2. The zero-order chi connectivity index (χ0) is 30.3. The summed E-state index contributed by atoms with van der Waals surface area (Å²) in [5.74, 6) is -0.205. The number of carbonyl (C=O) groups excluding carboxylic acids is 3. The van der Waals surface area contributed by atoms with Gasteiger partial charge in [-0.2, -0.15) is 11.8 Å². The number of alkyl carbamates (subject to hydrolysis) is 1. The van der Waals surface area contributed by atoms with E-state index < -0.39 is 30.1 Å². The molecule has 8 nitrogen and oxygen atoms in total. The Bertz CT molecular complexity index is 1440. The van der Waals surface area contributed by atoms with Crippen LogP contribution in [0, 0.1) is 0 Å². The number of amides is 2. The van der Waals surface area contributed by atoms with Crippen LogP contribution in [0.3, 0.4) is 0 Å². The van der Waals surface area contributed by atoms with Crippen molar-refractivity contribution in [1.82, 2.24) is 10.6 Å². The van der Waals surface area contributed by atoms with Gasteiger partial charge >= 0.3 is 12.1 Å². The van der Waals surface area contributed by atoms with Crippen LogP contribution in [0.2, 0.25) is 0 Å². The van der Waals surface area contributed by atoms with E-state index in [2.05, 4.69) is 10.6 Å². The van der Waals surface area contributed by atoms with E-state index in [4.69, 9.17) is 9.47 Å². The van der Waals surface area contributed by atoms with Crippen molar-refractivity contribution in [1.29, 1.82) is 0 Å². The van der Waals surface area contributed by atoms with Crippen LogP contribution in [-0.2, 0) is 44.5 Å². The summed E-state index contributed by atoms with van der Waals surface area (Å²) in [5, 5.41) is 15.1. The summed E-state index contributed by atoms with van der Waals surface area (Å²) in [4.78, 5) is 39.5. The van der Waals surface area contributed by atoms with Gasteiger partial charge < -0.3 is 25.2 Å². The predicted molar refractivity (Wildman–Crippen MR) is 166 cm³/mol. The summed E-state index contributed by atoms with van der Waals surface area (Å²) in [5.41, 5.74) is 3.41. The normalized spacial score (nSPS) is 12.0. The van der Waals surface area contributed by atoms with Crippen molar-refractivity contribution in [3.05, 3.63) is 138 Å². The van der Waals surface area contributed by atoms with Crippen molar-refractivity contribution in [2.75, 3.05) is 5.75 Å². The molecule has 222 valence electrons. The van der Waals surface area contributed by atoms with E-state index >= 15 is 0 Å². The van der Waals surface area contributed by atoms with Crippen molar-refractivity contribution in [3.63, 3.8) is 0 Å². The van der Waals surface area contributed by atoms with Crippen LogP contribution in [0.5, 0.6) is 5.75 Å². The first-order valence-electron chi connectivity index (χ1n) is 13.8. The molecule has 0 aliphatic carbocycles. The van der Waals surface area contributed by atoms with E-state index in [1.165, 1.54) is 23.9 Å². The average molecular weight is 599 g/mol. The summed E-state index contributed by atoms with van der Waals surface area (Å²) >= 11 is 1.47. The Balaban J connectivity index is 1.45. The minimum absolute atomic E-state index is 0.0437. The monoisotopic (exact) mass is 598 g/mol. The highest BCUT2D eigenvalue weighted by molar-refractivity contribution is 7.98. The van der Waals surface area contributed by atoms with Gasteiger partial charge in [0.1, 0.15) is 31.0 Å². The van der Waals surface area contributed by atoms with Gasteiger partial charge in [-0.25, -0.2) is 9.59 Å².